The Morgan fingerprint density at radius 1 is 0.828 bits per heavy atom. The Labute approximate surface area is 172 Å². The second-order valence-corrected chi connectivity index (χ2v) is 6.56. The molecule has 2 aromatic carbocycles. The predicted octanol–water partition coefficient (Wildman–Crippen LogP) is 4.68. The number of hydrogen-bond donors (Lipinski definition) is 0. The molecule has 0 fully saturated rings. The number of ether oxygens (including phenoxy) is 2. The van der Waals surface area contributed by atoms with Crippen molar-refractivity contribution in [2.75, 3.05) is 14.2 Å². The Morgan fingerprint density at radius 2 is 1.31 bits per heavy atom. The fraction of sp³-hybridized carbons (Fsp3) is 0.0909. The van der Waals surface area contributed by atoms with Gasteiger partial charge < -0.3 is 9.47 Å². The number of nitrogens with zero attached hydrogens (tertiary/aromatic N) is 4. The Balaban J connectivity index is 1.88. The first kappa shape index (κ1) is 19.8. The lowest BCUT2D eigenvalue weighted by Crippen LogP contribution is -1.88. The zero-order valence-electron chi connectivity index (χ0n) is 15.8. The lowest BCUT2D eigenvalue weighted by atomic mass is 10.1. The second-order valence-electron chi connectivity index (χ2n) is 5.81. The summed E-state index contributed by atoms with van der Waals surface area (Å²) < 4.78 is 14.5. The molecule has 0 radical (unpaired) electrons. The van der Waals surface area contributed by atoms with Gasteiger partial charge in [0.05, 0.1) is 25.4 Å². The monoisotopic (exact) mass is 400 g/mol. The lowest BCUT2D eigenvalue weighted by molar-refractivity contribution is 0.414. The molecular weight excluding hydrogens is 384 g/mol. The molecule has 6 nitrogen and oxygen atoms in total. The van der Waals surface area contributed by atoms with Crippen LogP contribution >= 0.6 is 11.5 Å². The molecular formula is C22H16N4O2S. The quantitative estimate of drug-likeness (QED) is 0.558. The molecule has 0 aliphatic carbocycles. The average molecular weight is 400 g/mol. The topological polar surface area (TPSA) is 91.8 Å². The van der Waals surface area contributed by atoms with Crippen molar-refractivity contribution in [1.82, 2.24) is 9.36 Å². The van der Waals surface area contributed by atoms with E-state index in [2.05, 4.69) is 21.5 Å². The molecule has 0 saturated heterocycles. The van der Waals surface area contributed by atoms with Crippen LogP contribution in [0.2, 0.25) is 0 Å². The third-order valence-electron chi connectivity index (χ3n) is 3.99. The van der Waals surface area contributed by atoms with E-state index in [9.17, 15) is 10.5 Å². The molecule has 29 heavy (non-hydrogen) atoms. The normalized spacial score (nSPS) is 11.4. The van der Waals surface area contributed by atoms with Crippen LogP contribution in [0.4, 0.5) is 0 Å². The van der Waals surface area contributed by atoms with Gasteiger partial charge in [-0.3, -0.25) is 0 Å². The van der Waals surface area contributed by atoms with Crippen LogP contribution in [0, 0.1) is 22.7 Å². The molecule has 0 unspecified atom stereocenters. The first-order chi connectivity index (χ1) is 14.2. The van der Waals surface area contributed by atoms with Gasteiger partial charge in [0.15, 0.2) is 10.8 Å². The first-order valence-electron chi connectivity index (χ1n) is 8.53. The van der Waals surface area contributed by atoms with Crippen LogP contribution in [-0.4, -0.2) is 23.6 Å². The number of aromatic nitrogens is 2. The maximum absolute atomic E-state index is 9.54. The summed E-state index contributed by atoms with van der Waals surface area (Å²) in [6.07, 6.45) is 3.42. The van der Waals surface area contributed by atoms with Crippen molar-refractivity contribution >= 4 is 34.8 Å². The Hall–Kier alpha value is -3.94. The highest BCUT2D eigenvalue weighted by atomic mass is 32.1. The summed E-state index contributed by atoms with van der Waals surface area (Å²) in [5, 5.41) is 19.5. The van der Waals surface area contributed by atoms with E-state index in [4.69, 9.17) is 9.47 Å². The fourth-order valence-electron chi connectivity index (χ4n) is 2.46. The number of benzene rings is 2. The van der Waals surface area contributed by atoms with Gasteiger partial charge in [-0.25, -0.2) is 4.98 Å². The maximum atomic E-state index is 9.54. The van der Waals surface area contributed by atoms with Crippen LogP contribution in [0.1, 0.15) is 22.0 Å². The number of nitriles is 2. The molecule has 0 N–H and O–H groups in total. The minimum absolute atomic E-state index is 0.291. The zero-order valence-corrected chi connectivity index (χ0v) is 16.6. The minimum atomic E-state index is 0.291. The highest BCUT2D eigenvalue weighted by molar-refractivity contribution is 7.06. The smallest absolute Gasteiger partial charge is 0.184 e. The molecule has 0 bridgehead atoms. The summed E-state index contributed by atoms with van der Waals surface area (Å²) in [6, 6.07) is 18.9. The van der Waals surface area contributed by atoms with E-state index in [1.165, 1.54) is 0 Å². The molecule has 0 aliphatic heterocycles. The van der Waals surface area contributed by atoms with Gasteiger partial charge in [-0.2, -0.15) is 14.9 Å². The highest BCUT2D eigenvalue weighted by Gasteiger charge is 2.13. The molecule has 0 atom stereocenters. The molecule has 0 amide bonds. The Kier molecular flexibility index (Phi) is 6.36. The van der Waals surface area contributed by atoms with Gasteiger partial charge in [0, 0.05) is 0 Å². The van der Waals surface area contributed by atoms with Gasteiger partial charge in [0.25, 0.3) is 0 Å². The van der Waals surface area contributed by atoms with Gasteiger partial charge in [0.2, 0.25) is 0 Å². The summed E-state index contributed by atoms with van der Waals surface area (Å²) in [7, 11) is 3.19. The molecule has 0 aliphatic rings. The zero-order chi connectivity index (χ0) is 20.6. The van der Waals surface area contributed by atoms with Crippen LogP contribution in [-0.2, 0) is 0 Å². The molecule has 0 saturated carbocycles. The summed E-state index contributed by atoms with van der Waals surface area (Å²) >= 11 is 1.08. The standard InChI is InChI=1S/C22H16N4O2S/c1-27-19-7-3-15(4-8-19)11-17(13-23)21-25-22(29-26-21)18(14-24)12-16-5-9-20(28-2)10-6-16/h3-12H,1-2H3/b17-11+,18-12+. The van der Waals surface area contributed by atoms with Crippen LogP contribution in [0.15, 0.2) is 48.5 Å². The van der Waals surface area contributed by atoms with E-state index in [0.29, 0.717) is 22.0 Å². The molecule has 7 heteroatoms. The van der Waals surface area contributed by atoms with Gasteiger partial charge in [-0.05, 0) is 59.1 Å². The molecule has 3 aromatic rings. The van der Waals surface area contributed by atoms with E-state index < -0.39 is 0 Å². The summed E-state index contributed by atoms with van der Waals surface area (Å²) in [4.78, 5) is 4.39. The van der Waals surface area contributed by atoms with E-state index in [1.54, 1.807) is 26.4 Å². The maximum Gasteiger partial charge on any atom is 0.184 e. The number of hydrogen-bond acceptors (Lipinski definition) is 7. The largest absolute Gasteiger partial charge is 0.497 e. The Bertz CT molecular complexity index is 1040. The first-order valence-corrected chi connectivity index (χ1v) is 9.30. The van der Waals surface area contributed by atoms with E-state index in [-0.39, 0.29) is 0 Å². The Morgan fingerprint density at radius 3 is 1.76 bits per heavy atom. The van der Waals surface area contributed by atoms with Crippen molar-refractivity contribution in [2.45, 2.75) is 0 Å². The molecule has 3 rings (SSSR count). The van der Waals surface area contributed by atoms with Gasteiger partial charge >= 0.3 is 0 Å². The van der Waals surface area contributed by atoms with E-state index in [0.717, 1.165) is 34.2 Å². The van der Waals surface area contributed by atoms with Gasteiger partial charge in [-0.15, -0.1) is 0 Å². The van der Waals surface area contributed by atoms with Gasteiger partial charge in [0.1, 0.15) is 23.6 Å². The van der Waals surface area contributed by atoms with Crippen molar-refractivity contribution in [3.05, 3.63) is 70.5 Å². The number of methoxy groups -OCH3 is 2. The predicted molar refractivity (Wildman–Crippen MR) is 113 cm³/mol. The summed E-state index contributed by atoms with van der Waals surface area (Å²) in [6.45, 7) is 0. The SMILES string of the molecule is COc1ccc(/C=C(\C#N)c2nsc(/C(C#N)=C/c3ccc(OC)cc3)n2)cc1. The molecule has 1 aromatic heterocycles. The van der Waals surface area contributed by atoms with Crippen molar-refractivity contribution in [1.29, 1.82) is 10.5 Å². The van der Waals surface area contributed by atoms with Crippen molar-refractivity contribution in [3.8, 4) is 23.6 Å². The van der Waals surface area contributed by atoms with Crippen molar-refractivity contribution < 1.29 is 9.47 Å². The van der Waals surface area contributed by atoms with Crippen LogP contribution in [0.5, 0.6) is 11.5 Å². The average Bonchev–Trinajstić information content (AvgIpc) is 3.26. The molecule has 1 heterocycles. The van der Waals surface area contributed by atoms with E-state index >= 15 is 0 Å². The van der Waals surface area contributed by atoms with Crippen LogP contribution in [0.3, 0.4) is 0 Å². The van der Waals surface area contributed by atoms with Crippen molar-refractivity contribution in [3.63, 3.8) is 0 Å². The van der Waals surface area contributed by atoms with E-state index in [1.807, 2.05) is 48.5 Å². The third kappa shape index (κ3) is 4.86. The third-order valence-corrected chi connectivity index (χ3v) is 4.74. The fourth-order valence-corrected chi connectivity index (χ4v) is 3.11. The second kappa shape index (κ2) is 9.32. The number of rotatable bonds is 6. The molecule has 142 valence electrons. The minimum Gasteiger partial charge on any atom is -0.497 e. The number of allylic oxidation sites excluding steroid dienone is 2. The summed E-state index contributed by atoms with van der Waals surface area (Å²) in [5.74, 6) is 1.76. The summed E-state index contributed by atoms with van der Waals surface area (Å²) in [5.41, 5.74) is 2.36. The van der Waals surface area contributed by atoms with Gasteiger partial charge in [-0.1, -0.05) is 24.3 Å². The highest BCUT2D eigenvalue weighted by Crippen LogP contribution is 2.24. The van der Waals surface area contributed by atoms with Crippen molar-refractivity contribution in [2.24, 2.45) is 0 Å². The van der Waals surface area contributed by atoms with Crippen LogP contribution in [0.25, 0.3) is 23.3 Å². The van der Waals surface area contributed by atoms with Crippen LogP contribution < -0.4 is 9.47 Å². The molecule has 0 spiro atoms. The lowest BCUT2D eigenvalue weighted by Gasteiger charge is -2.00.